The van der Waals surface area contributed by atoms with E-state index in [9.17, 15) is 14.0 Å². The van der Waals surface area contributed by atoms with Gasteiger partial charge in [-0.15, -0.1) is 5.10 Å². The number of nitrogens with zero attached hydrogens (tertiary/aromatic N) is 6. The molecule has 0 radical (unpaired) electrons. The molecule has 2 aliphatic heterocycles. The minimum atomic E-state index is -0.534. The molecule has 10 heteroatoms. The molecule has 0 saturated carbocycles. The molecule has 1 aromatic heterocycles. The van der Waals surface area contributed by atoms with E-state index in [4.69, 9.17) is 4.74 Å². The van der Waals surface area contributed by atoms with Crippen molar-refractivity contribution < 1.29 is 18.7 Å². The number of esters is 1. The summed E-state index contributed by atoms with van der Waals surface area (Å²) < 4.78 is 19.8. The summed E-state index contributed by atoms with van der Waals surface area (Å²) in [7, 11) is 1.31. The van der Waals surface area contributed by atoms with Crippen molar-refractivity contribution in [1.82, 2.24) is 24.8 Å². The van der Waals surface area contributed by atoms with Gasteiger partial charge in [0.1, 0.15) is 5.82 Å². The number of methoxy groups -OCH3 is 1. The van der Waals surface area contributed by atoms with Crippen molar-refractivity contribution in [3.05, 3.63) is 76.9 Å². The average molecular weight is 521 g/mol. The zero-order valence-corrected chi connectivity index (χ0v) is 22.0. The molecule has 3 aromatic rings. The van der Waals surface area contributed by atoms with Crippen molar-refractivity contribution >= 4 is 17.6 Å². The number of rotatable bonds is 6. The number of carbonyl (C=O) groups is 2. The van der Waals surface area contributed by atoms with Crippen LogP contribution in [0.4, 0.5) is 10.1 Å². The van der Waals surface area contributed by atoms with E-state index in [1.54, 1.807) is 23.0 Å². The second-order valence-electron chi connectivity index (χ2n) is 10.1. The Labute approximate surface area is 221 Å². The predicted molar refractivity (Wildman–Crippen MR) is 140 cm³/mol. The molecule has 0 spiro atoms. The van der Waals surface area contributed by atoms with Gasteiger partial charge in [0.25, 0.3) is 0 Å². The standard InChI is InChI=1S/C28H33FN6O3/c1-19-4-5-21(20(2)14-19)16-34-17-24(35-18-25(30-31-35)28(37)38-3)15-26(34)27(36)33-12-10-32(11-13-33)23-8-6-22(29)7-9-23/h4-9,14,18,24,26H,10-13,15-17H2,1-3H3/t24-,26-/m0/s1. The molecule has 1 amide bonds. The van der Waals surface area contributed by atoms with Crippen LogP contribution in [0, 0.1) is 19.7 Å². The molecule has 200 valence electrons. The first-order chi connectivity index (χ1) is 18.3. The number of ether oxygens (including phenoxy) is 1. The molecule has 2 aliphatic rings. The largest absolute Gasteiger partial charge is 0.464 e. The van der Waals surface area contributed by atoms with Crippen LogP contribution in [-0.4, -0.2) is 82.5 Å². The average Bonchev–Trinajstić information content (AvgIpc) is 3.58. The number of anilines is 1. The zero-order chi connectivity index (χ0) is 26.8. The minimum absolute atomic E-state index is 0.0962. The van der Waals surface area contributed by atoms with E-state index in [2.05, 4.69) is 52.2 Å². The summed E-state index contributed by atoms with van der Waals surface area (Å²) in [4.78, 5) is 32.1. The van der Waals surface area contributed by atoms with Crippen LogP contribution in [0.5, 0.6) is 0 Å². The summed E-state index contributed by atoms with van der Waals surface area (Å²) in [5.74, 6) is -0.689. The first-order valence-corrected chi connectivity index (χ1v) is 12.9. The number of carbonyl (C=O) groups excluding carboxylic acids is 2. The van der Waals surface area contributed by atoms with Gasteiger partial charge >= 0.3 is 5.97 Å². The van der Waals surface area contributed by atoms with E-state index in [-0.39, 0.29) is 29.5 Å². The van der Waals surface area contributed by atoms with Gasteiger partial charge in [-0.05, 0) is 55.7 Å². The van der Waals surface area contributed by atoms with Gasteiger partial charge in [0, 0.05) is 45.0 Å². The van der Waals surface area contributed by atoms with Crippen molar-refractivity contribution in [3.63, 3.8) is 0 Å². The van der Waals surface area contributed by atoms with Gasteiger partial charge in [-0.3, -0.25) is 9.69 Å². The second kappa shape index (κ2) is 10.9. The summed E-state index contributed by atoms with van der Waals surface area (Å²) in [5.41, 5.74) is 4.70. The number of benzene rings is 2. The maximum Gasteiger partial charge on any atom is 0.360 e. The molecular formula is C28H33FN6O3. The first kappa shape index (κ1) is 25.8. The molecule has 2 saturated heterocycles. The molecule has 38 heavy (non-hydrogen) atoms. The Morgan fingerprint density at radius 1 is 1.05 bits per heavy atom. The molecule has 0 unspecified atom stereocenters. The van der Waals surface area contributed by atoms with E-state index in [0.29, 0.717) is 45.7 Å². The van der Waals surface area contributed by atoms with Crippen molar-refractivity contribution in [3.8, 4) is 0 Å². The van der Waals surface area contributed by atoms with E-state index < -0.39 is 5.97 Å². The van der Waals surface area contributed by atoms with Crippen molar-refractivity contribution in [2.45, 2.75) is 38.9 Å². The number of amides is 1. The van der Waals surface area contributed by atoms with Crippen molar-refractivity contribution in [1.29, 1.82) is 0 Å². The lowest BCUT2D eigenvalue weighted by molar-refractivity contribution is -0.136. The number of aryl methyl sites for hydroxylation is 2. The molecule has 0 N–H and O–H groups in total. The zero-order valence-electron chi connectivity index (χ0n) is 22.0. The highest BCUT2D eigenvalue weighted by molar-refractivity contribution is 5.86. The molecule has 3 heterocycles. The first-order valence-electron chi connectivity index (χ1n) is 12.9. The normalized spacial score (nSPS) is 20.1. The topological polar surface area (TPSA) is 83.8 Å². The third-order valence-corrected chi connectivity index (χ3v) is 7.60. The van der Waals surface area contributed by atoms with Gasteiger partial charge < -0.3 is 14.5 Å². The van der Waals surface area contributed by atoms with Crippen molar-refractivity contribution in [2.75, 3.05) is 44.7 Å². The lowest BCUT2D eigenvalue weighted by atomic mass is 10.0. The third kappa shape index (κ3) is 5.40. The SMILES string of the molecule is COC(=O)c1cn([C@H]2C[C@@H](C(=O)N3CCN(c4ccc(F)cc4)CC3)N(Cc3ccc(C)cc3C)C2)nn1. The van der Waals surface area contributed by atoms with Gasteiger partial charge in [-0.25, -0.2) is 13.9 Å². The number of hydrogen-bond acceptors (Lipinski definition) is 7. The van der Waals surface area contributed by atoms with E-state index >= 15 is 0 Å². The third-order valence-electron chi connectivity index (χ3n) is 7.60. The van der Waals surface area contributed by atoms with Gasteiger partial charge in [0.05, 0.1) is 25.4 Å². The lowest BCUT2D eigenvalue weighted by Gasteiger charge is -2.38. The number of halogens is 1. The van der Waals surface area contributed by atoms with E-state index in [0.717, 1.165) is 5.69 Å². The molecule has 2 atom stereocenters. The van der Waals surface area contributed by atoms with Crippen LogP contribution >= 0.6 is 0 Å². The number of hydrogen-bond donors (Lipinski definition) is 0. The van der Waals surface area contributed by atoms with Crippen LogP contribution in [0.3, 0.4) is 0 Å². The number of aromatic nitrogens is 3. The summed E-state index contributed by atoms with van der Waals surface area (Å²) in [6, 6.07) is 12.5. The summed E-state index contributed by atoms with van der Waals surface area (Å²) >= 11 is 0. The molecule has 0 aliphatic carbocycles. The molecular weight excluding hydrogens is 487 g/mol. The Balaban J connectivity index is 1.32. The van der Waals surface area contributed by atoms with Gasteiger partial charge in [-0.2, -0.15) is 0 Å². The second-order valence-corrected chi connectivity index (χ2v) is 10.1. The fraction of sp³-hybridized carbons (Fsp3) is 0.429. The highest BCUT2D eigenvalue weighted by atomic mass is 19.1. The van der Waals surface area contributed by atoms with E-state index in [1.165, 1.54) is 35.9 Å². The highest BCUT2D eigenvalue weighted by Gasteiger charge is 2.41. The Bertz CT molecular complexity index is 1300. The smallest absolute Gasteiger partial charge is 0.360 e. The summed E-state index contributed by atoms with van der Waals surface area (Å²) in [6.07, 6.45) is 2.17. The van der Waals surface area contributed by atoms with Crippen LogP contribution < -0.4 is 4.90 Å². The van der Waals surface area contributed by atoms with E-state index in [1.807, 2.05) is 4.90 Å². The van der Waals surface area contributed by atoms with Crippen LogP contribution in [0.2, 0.25) is 0 Å². The highest BCUT2D eigenvalue weighted by Crippen LogP contribution is 2.31. The molecule has 0 bridgehead atoms. The minimum Gasteiger partial charge on any atom is -0.464 e. The van der Waals surface area contributed by atoms with Gasteiger partial charge in [0.15, 0.2) is 5.69 Å². The van der Waals surface area contributed by atoms with Crippen LogP contribution in [0.1, 0.15) is 39.6 Å². The fourth-order valence-corrected chi connectivity index (χ4v) is 5.45. The summed E-state index contributed by atoms with van der Waals surface area (Å²) in [5, 5.41) is 8.14. The Morgan fingerprint density at radius 3 is 2.47 bits per heavy atom. The van der Waals surface area contributed by atoms with Gasteiger partial charge in [-0.1, -0.05) is 29.0 Å². The van der Waals surface area contributed by atoms with Gasteiger partial charge in [0.2, 0.25) is 5.91 Å². The number of likely N-dealkylation sites (tertiary alicyclic amines) is 1. The maximum absolute atomic E-state index is 13.9. The fourth-order valence-electron chi connectivity index (χ4n) is 5.45. The quantitative estimate of drug-likeness (QED) is 0.462. The molecule has 5 rings (SSSR count). The maximum atomic E-state index is 13.9. The predicted octanol–water partition coefficient (Wildman–Crippen LogP) is 2.99. The number of piperazine rings is 1. The Morgan fingerprint density at radius 2 is 1.79 bits per heavy atom. The Kier molecular flexibility index (Phi) is 7.42. The lowest BCUT2D eigenvalue weighted by Crippen LogP contribution is -2.53. The molecule has 9 nitrogen and oxygen atoms in total. The Hall–Kier alpha value is -3.79. The molecule has 2 fully saturated rings. The van der Waals surface area contributed by atoms with Crippen LogP contribution in [0.25, 0.3) is 0 Å². The van der Waals surface area contributed by atoms with Crippen LogP contribution in [-0.2, 0) is 16.1 Å². The van der Waals surface area contributed by atoms with Crippen molar-refractivity contribution in [2.24, 2.45) is 0 Å². The summed E-state index contributed by atoms with van der Waals surface area (Å²) in [6.45, 7) is 8.02. The monoisotopic (exact) mass is 520 g/mol. The molecule has 2 aromatic carbocycles. The van der Waals surface area contributed by atoms with Crippen LogP contribution in [0.15, 0.2) is 48.7 Å².